The second kappa shape index (κ2) is 9.84. The van der Waals surface area contributed by atoms with E-state index in [1.165, 1.54) is 56.5 Å². The third kappa shape index (κ3) is 4.35. The summed E-state index contributed by atoms with van der Waals surface area (Å²) in [6, 6.07) is 33.9. The van der Waals surface area contributed by atoms with Crippen LogP contribution in [0.1, 0.15) is 103 Å². The van der Waals surface area contributed by atoms with Gasteiger partial charge in [0.2, 0.25) is 0 Å². The van der Waals surface area contributed by atoms with Gasteiger partial charge in [-0.25, -0.2) is 0 Å². The molecular formula is C45H46BNO2. The Bertz CT molecular complexity index is 2170. The zero-order valence-corrected chi connectivity index (χ0v) is 30.4. The van der Waals surface area contributed by atoms with Crippen LogP contribution in [0.15, 0.2) is 91.0 Å². The lowest BCUT2D eigenvalue weighted by Crippen LogP contribution is -2.58. The number of nitrogens with zero attached hydrogens (tertiary/aromatic N) is 1. The van der Waals surface area contributed by atoms with Crippen molar-refractivity contribution in [1.29, 1.82) is 0 Å². The molecule has 3 heterocycles. The predicted molar refractivity (Wildman–Crippen MR) is 205 cm³/mol. The summed E-state index contributed by atoms with van der Waals surface area (Å²) in [5.74, 6) is 3.65. The second-order valence-corrected chi connectivity index (χ2v) is 17.7. The first-order valence-electron chi connectivity index (χ1n) is 18.0. The summed E-state index contributed by atoms with van der Waals surface area (Å²) < 4.78 is 14.0. The second-order valence-electron chi connectivity index (χ2n) is 17.7. The highest BCUT2D eigenvalue weighted by atomic mass is 16.5. The van der Waals surface area contributed by atoms with Gasteiger partial charge in [0, 0.05) is 23.0 Å². The van der Waals surface area contributed by atoms with E-state index in [1.807, 2.05) is 0 Å². The summed E-state index contributed by atoms with van der Waals surface area (Å²) in [5, 5.41) is 0. The molecule has 49 heavy (non-hydrogen) atoms. The Balaban J connectivity index is 1.30. The highest BCUT2D eigenvalue weighted by molar-refractivity contribution is 6.98. The molecule has 0 spiro atoms. The molecule has 0 saturated heterocycles. The summed E-state index contributed by atoms with van der Waals surface area (Å²) in [7, 11) is 0. The molecule has 3 aliphatic heterocycles. The van der Waals surface area contributed by atoms with Crippen molar-refractivity contribution in [2.24, 2.45) is 0 Å². The van der Waals surface area contributed by atoms with Crippen molar-refractivity contribution in [1.82, 2.24) is 0 Å². The fourth-order valence-corrected chi connectivity index (χ4v) is 9.09. The number of hydrogen-bond donors (Lipinski definition) is 0. The topological polar surface area (TPSA) is 21.7 Å². The molecule has 0 unspecified atom stereocenters. The van der Waals surface area contributed by atoms with Crippen LogP contribution >= 0.6 is 0 Å². The zero-order valence-electron chi connectivity index (χ0n) is 30.4. The van der Waals surface area contributed by atoms with Crippen molar-refractivity contribution in [2.75, 3.05) is 4.90 Å². The monoisotopic (exact) mass is 643 g/mol. The Hall–Kier alpha value is -4.44. The number of fused-ring (bicyclic) bond motifs is 7. The van der Waals surface area contributed by atoms with Crippen molar-refractivity contribution in [2.45, 2.75) is 96.8 Å². The number of ether oxygens (including phenoxy) is 2. The van der Waals surface area contributed by atoms with Crippen LogP contribution in [0.4, 0.5) is 17.1 Å². The van der Waals surface area contributed by atoms with Gasteiger partial charge in [-0.3, -0.25) is 0 Å². The van der Waals surface area contributed by atoms with Gasteiger partial charge < -0.3 is 14.4 Å². The average molecular weight is 644 g/mol. The van der Waals surface area contributed by atoms with Crippen molar-refractivity contribution < 1.29 is 9.47 Å². The predicted octanol–water partition coefficient (Wildman–Crippen LogP) is 10.2. The first-order valence-corrected chi connectivity index (χ1v) is 18.0. The van der Waals surface area contributed by atoms with E-state index >= 15 is 0 Å². The minimum Gasteiger partial charge on any atom is -0.458 e. The molecule has 0 atom stereocenters. The Labute approximate surface area is 292 Å². The number of benzene rings is 5. The molecule has 1 aliphatic carbocycles. The maximum Gasteiger partial charge on any atom is 0.260 e. The summed E-state index contributed by atoms with van der Waals surface area (Å²) in [5.41, 5.74) is 13.9. The van der Waals surface area contributed by atoms with E-state index in [0.717, 1.165) is 40.6 Å². The van der Waals surface area contributed by atoms with E-state index in [2.05, 4.69) is 158 Å². The molecule has 0 bridgehead atoms. The molecule has 5 aromatic carbocycles. The Morgan fingerprint density at radius 3 is 1.69 bits per heavy atom. The van der Waals surface area contributed by atoms with Crippen LogP contribution in [0.25, 0.3) is 0 Å². The lowest BCUT2D eigenvalue weighted by Gasteiger charge is -2.44. The summed E-state index contributed by atoms with van der Waals surface area (Å²) >= 11 is 0. The van der Waals surface area contributed by atoms with Crippen LogP contribution in [0.2, 0.25) is 0 Å². The molecule has 4 heteroatoms. The van der Waals surface area contributed by atoms with Crippen LogP contribution < -0.4 is 30.8 Å². The van der Waals surface area contributed by atoms with Gasteiger partial charge in [-0.1, -0.05) is 117 Å². The fourth-order valence-electron chi connectivity index (χ4n) is 9.09. The summed E-state index contributed by atoms with van der Waals surface area (Å²) in [6.07, 6.45) is 2.34. The third-order valence-corrected chi connectivity index (χ3v) is 12.2. The Morgan fingerprint density at radius 2 is 1.10 bits per heavy atom. The summed E-state index contributed by atoms with van der Waals surface area (Å²) in [6.45, 7) is 21.2. The van der Waals surface area contributed by atoms with Crippen molar-refractivity contribution in [3.8, 4) is 23.0 Å². The first-order chi connectivity index (χ1) is 23.1. The van der Waals surface area contributed by atoms with Crippen LogP contribution in [-0.2, 0) is 21.7 Å². The van der Waals surface area contributed by atoms with Gasteiger partial charge >= 0.3 is 0 Å². The van der Waals surface area contributed by atoms with Crippen molar-refractivity contribution in [3.05, 3.63) is 119 Å². The Morgan fingerprint density at radius 1 is 0.571 bits per heavy atom. The van der Waals surface area contributed by atoms with E-state index in [0.29, 0.717) is 0 Å². The Kier molecular flexibility index (Phi) is 6.15. The standard InChI is InChI=1S/C45H46BNO2/c1-42(2,3)27-18-19-37-33(22-27)46-34-25-31-32(44(6,7)21-20-43(31,4)5)26-38(34)49-40-24-28(23-39(48-37)41(40)46)47-35-16-12-10-14-29(35)45(8,9)30-15-11-13-17-36(30)47/h10-19,22-26H,20-21H2,1-9H3. The first kappa shape index (κ1) is 30.6. The van der Waals surface area contributed by atoms with Gasteiger partial charge in [0.15, 0.2) is 0 Å². The molecular weight excluding hydrogens is 597 g/mol. The highest BCUT2D eigenvalue weighted by Crippen LogP contribution is 2.53. The van der Waals surface area contributed by atoms with Crippen molar-refractivity contribution >= 4 is 40.2 Å². The molecule has 0 fully saturated rings. The maximum absolute atomic E-state index is 7.11. The molecule has 0 radical (unpaired) electrons. The maximum atomic E-state index is 7.11. The normalized spacial score (nSPS) is 18.5. The quantitative estimate of drug-likeness (QED) is 0.166. The van der Waals surface area contributed by atoms with Gasteiger partial charge in [-0.05, 0) is 92.1 Å². The van der Waals surface area contributed by atoms with Crippen LogP contribution in [0, 0.1) is 0 Å². The van der Waals surface area contributed by atoms with E-state index < -0.39 is 0 Å². The fraction of sp³-hybridized carbons (Fsp3) is 0.333. The van der Waals surface area contributed by atoms with Gasteiger partial charge in [0.1, 0.15) is 23.0 Å². The minimum absolute atomic E-state index is 0.0138. The molecule has 246 valence electrons. The molecule has 0 N–H and O–H groups in total. The van der Waals surface area contributed by atoms with E-state index in [-0.39, 0.29) is 28.4 Å². The number of para-hydroxylation sites is 2. The zero-order chi connectivity index (χ0) is 34.2. The largest absolute Gasteiger partial charge is 0.458 e. The number of rotatable bonds is 1. The lowest BCUT2D eigenvalue weighted by atomic mass is 9.34. The molecule has 0 saturated carbocycles. The number of anilines is 3. The van der Waals surface area contributed by atoms with Gasteiger partial charge in [0.05, 0.1) is 17.1 Å². The molecule has 0 aromatic heterocycles. The molecule has 0 amide bonds. The molecule has 4 aliphatic rings. The van der Waals surface area contributed by atoms with Crippen LogP contribution in [0.3, 0.4) is 0 Å². The van der Waals surface area contributed by atoms with Crippen LogP contribution in [0.5, 0.6) is 23.0 Å². The third-order valence-electron chi connectivity index (χ3n) is 12.2. The lowest BCUT2D eigenvalue weighted by molar-refractivity contribution is 0.330. The van der Waals surface area contributed by atoms with Crippen LogP contribution in [-0.4, -0.2) is 6.71 Å². The smallest absolute Gasteiger partial charge is 0.260 e. The number of hydrogen-bond acceptors (Lipinski definition) is 3. The van der Waals surface area contributed by atoms with Crippen molar-refractivity contribution in [3.63, 3.8) is 0 Å². The molecule has 9 rings (SSSR count). The minimum atomic E-state index is -0.132. The van der Waals surface area contributed by atoms with Gasteiger partial charge in [0.25, 0.3) is 6.71 Å². The summed E-state index contributed by atoms with van der Waals surface area (Å²) in [4.78, 5) is 2.40. The molecule has 5 aromatic rings. The average Bonchev–Trinajstić information content (AvgIpc) is 3.06. The van der Waals surface area contributed by atoms with E-state index in [1.54, 1.807) is 0 Å². The van der Waals surface area contributed by atoms with Gasteiger partial charge in [-0.15, -0.1) is 0 Å². The van der Waals surface area contributed by atoms with E-state index in [4.69, 9.17) is 9.47 Å². The SMILES string of the molecule is CC(C)(C)c1ccc2c(c1)B1c3cc4c(cc3Oc3cc(N5c6ccccc6C(C)(C)c6ccccc65)cc(c31)O2)C(C)(C)CCC4(C)C. The molecule has 3 nitrogen and oxygen atoms in total. The van der Waals surface area contributed by atoms with E-state index in [9.17, 15) is 0 Å². The highest BCUT2D eigenvalue weighted by Gasteiger charge is 2.45. The van der Waals surface area contributed by atoms with Gasteiger partial charge in [-0.2, -0.15) is 0 Å².